The second-order valence-electron chi connectivity index (χ2n) is 4.78. The molecule has 0 atom stereocenters. The van der Waals surface area contributed by atoms with Gasteiger partial charge in [0.2, 0.25) is 0 Å². The summed E-state index contributed by atoms with van der Waals surface area (Å²) in [5.74, 6) is -1.000. The maximum Gasteiger partial charge on any atom is 0.310 e. The van der Waals surface area contributed by atoms with Gasteiger partial charge in [0.05, 0.1) is 16.9 Å². The molecule has 0 spiro atoms. The molecule has 1 aromatic heterocycles. The summed E-state index contributed by atoms with van der Waals surface area (Å²) >= 11 is 0. The van der Waals surface area contributed by atoms with Crippen molar-refractivity contribution in [3.05, 3.63) is 30.1 Å². The number of aliphatic carboxylic acids is 1. The molecular formula is C12H16ClNO4S. The van der Waals surface area contributed by atoms with Crippen molar-refractivity contribution in [3.8, 4) is 0 Å². The topological polar surface area (TPSA) is 84.3 Å². The lowest BCUT2D eigenvalue weighted by Gasteiger charge is -2.32. The summed E-state index contributed by atoms with van der Waals surface area (Å²) in [6.07, 6.45) is 3.96. The van der Waals surface area contributed by atoms with Crippen LogP contribution in [0.1, 0.15) is 18.4 Å². The van der Waals surface area contributed by atoms with Gasteiger partial charge >= 0.3 is 5.97 Å². The van der Waals surface area contributed by atoms with E-state index in [2.05, 4.69) is 4.98 Å². The number of rotatable bonds is 3. The van der Waals surface area contributed by atoms with Gasteiger partial charge < -0.3 is 5.11 Å². The highest BCUT2D eigenvalue weighted by Crippen LogP contribution is 2.36. The minimum atomic E-state index is -3.06. The highest BCUT2D eigenvalue weighted by molar-refractivity contribution is 7.91. The van der Waals surface area contributed by atoms with Crippen LogP contribution in [0.5, 0.6) is 0 Å². The first-order valence-electron chi connectivity index (χ1n) is 5.76. The first kappa shape index (κ1) is 15.9. The third-order valence-corrected chi connectivity index (χ3v) is 5.15. The maximum absolute atomic E-state index is 11.5. The Kier molecular flexibility index (Phi) is 4.92. The van der Waals surface area contributed by atoms with Crippen LogP contribution >= 0.6 is 12.4 Å². The van der Waals surface area contributed by atoms with Gasteiger partial charge in [-0.2, -0.15) is 0 Å². The van der Waals surface area contributed by atoms with E-state index >= 15 is 0 Å². The number of pyridine rings is 1. The van der Waals surface area contributed by atoms with Crippen LogP contribution in [0.15, 0.2) is 24.5 Å². The van der Waals surface area contributed by atoms with E-state index in [0.29, 0.717) is 6.42 Å². The number of carboxylic acid groups (broad SMARTS) is 1. The van der Waals surface area contributed by atoms with Crippen molar-refractivity contribution in [2.75, 3.05) is 11.5 Å². The van der Waals surface area contributed by atoms with Crippen LogP contribution in [0.2, 0.25) is 0 Å². The number of halogens is 1. The van der Waals surface area contributed by atoms with Crippen molar-refractivity contribution in [2.45, 2.75) is 19.3 Å². The summed E-state index contributed by atoms with van der Waals surface area (Å²) in [6.45, 7) is 0. The third kappa shape index (κ3) is 3.67. The number of aromatic nitrogens is 1. The van der Waals surface area contributed by atoms with Crippen molar-refractivity contribution >= 4 is 28.2 Å². The van der Waals surface area contributed by atoms with Crippen molar-refractivity contribution in [1.29, 1.82) is 0 Å². The molecule has 0 unspecified atom stereocenters. The van der Waals surface area contributed by atoms with Gasteiger partial charge in [0, 0.05) is 12.4 Å². The van der Waals surface area contributed by atoms with E-state index in [0.717, 1.165) is 5.56 Å². The Bertz CT molecular complexity index is 530. The van der Waals surface area contributed by atoms with Gasteiger partial charge in [-0.1, -0.05) is 6.07 Å². The Hall–Kier alpha value is -1.14. The summed E-state index contributed by atoms with van der Waals surface area (Å²) in [6, 6.07) is 3.57. The average Bonchev–Trinajstić information content (AvgIpc) is 2.33. The fraction of sp³-hybridized carbons (Fsp3) is 0.500. The predicted molar refractivity (Wildman–Crippen MR) is 73.1 cm³/mol. The fourth-order valence-corrected chi connectivity index (χ4v) is 3.90. The molecule has 1 aromatic rings. The smallest absolute Gasteiger partial charge is 0.310 e. The van der Waals surface area contributed by atoms with Crippen LogP contribution in [0.3, 0.4) is 0 Å². The molecule has 0 bridgehead atoms. The normalized spacial score (nSPS) is 20.2. The molecule has 0 amide bonds. The van der Waals surface area contributed by atoms with Gasteiger partial charge in [-0.15, -0.1) is 12.4 Å². The first-order valence-corrected chi connectivity index (χ1v) is 7.58. The van der Waals surface area contributed by atoms with Crippen molar-refractivity contribution in [3.63, 3.8) is 0 Å². The highest BCUT2D eigenvalue weighted by Gasteiger charge is 2.43. The van der Waals surface area contributed by atoms with Gasteiger partial charge in [0.15, 0.2) is 0 Å². The molecular weight excluding hydrogens is 290 g/mol. The van der Waals surface area contributed by atoms with Crippen molar-refractivity contribution < 1.29 is 18.3 Å². The van der Waals surface area contributed by atoms with E-state index < -0.39 is 21.2 Å². The van der Waals surface area contributed by atoms with Crippen LogP contribution < -0.4 is 0 Å². The number of carbonyl (C=O) groups is 1. The van der Waals surface area contributed by atoms with Gasteiger partial charge in [-0.05, 0) is 30.9 Å². The molecule has 1 aliphatic heterocycles. The van der Waals surface area contributed by atoms with Gasteiger partial charge in [-0.25, -0.2) is 8.42 Å². The molecule has 7 heteroatoms. The molecule has 1 saturated heterocycles. The largest absolute Gasteiger partial charge is 0.481 e. The second-order valence-corrected chi connectivity index (χ2v) is 7.08. The monoisotopic (exact) mass is 305 g/mol. The summed E-state index contributed by atoms with van der Waals surface area (Å²) in [5.41, 5.74) is -0.131. The van der Waals surface area contributed by atoms with Crippen molar-refractivity contribution in [1.82, 2.24) is 4.98 Å². The number of hydrogen-bond donors (Lipinski definition) is 1. The van der Waals surface area contributed by atoms with Crippen LogP contribution in [0.25, 0.3) is 0 Å². The zero-order valence-corrected chi connectivity index (χ0v) is 11.9. The molecule has 19 heavy (non-hydrogen) atoms. The van der Waals surface area contributed by atoms with Crippen LogP contribution in [-0.2, 0) is 21.1 Å². The fourth-order valence-electron chi connectivity index (χ4n) is 2.29. The van der Waals surface area contributed by atoms with E-state index in [1.807, 2.05) is 6.07 Å². The SMILES string of the molecule is Cl.O=C(O)C1(Cc2cccnc2)CCS(=O)(=O)CC1. The molecule has 2 rings (SSSR count). The third-order valence-electron chi connectivity index (χ3n) is 3.50. The van der Waals surface area contributed by atoms with Crippen LogP contribution in [-0.4, -0.2) is 36.0 Å². The molecule has 1 fully saturated rings. The molecule has 2 heterocycles. The van der Waals surface area contributed by atoms with Crippen LogP contribution in [0, 0.1) is 5.41 Å². The Morgan fingerprint density at radius 2 is 2.00 bits per heavy atom. The minimum absolute atomic E-state index is 0. The lowest BCUT2D eigenvalue weighted by Crippen LogP contribution is -2.41. The zero-order chi connectivity index (χ0) is 13.2. The lowest BCUT2D eigenvalue weighted by molar-refractivity contribution is -0.149. The maximum atomic E-state index is 11.5. The molecule has 0 aliphatic carbocycles. The average molecular weight is 306 g/mol. The number of hydrogen-bond acceptors (Lipinski definition) is 4. The van der Waals surface area contributed by atoms with E-state index in [4.69, 9.17) is 0 Å². The Balaban J connectivity index is 0.00000180. The van der Waals surface area contributed by atoms with E-state index in [-0.39, 0.29) is 36.8 Å². The minimum Gasteiger partial charge on any atom is -0.481 e. The lowest BCUT2D eigenvalue weighted by atomic mass is 9.77. The van der Waals surface area contributed by atoms with Gasteiger partial charge in [0.1, 0.15) is 9.84 Å². The molecule has 106 valence electrons. The Labute approximate surface area is 118 Å². The number of sulfone groups is 1. The molecule has 0 saturated carbocycles. The summed E-state index contributed by atoms with van der Waals surface area (Å²) in [4.78, 5) is 15.4. The summed E-state index contributed by atoms with van der Waals surface area (Å²) < 4.78 is 22.8. The van der Waals surface area contributed by atoms with Gasteiger partial charge in [-0.3, -0.25) is 9.78 Å². The van der Waals surface area contributed by atoms with Gasteiger partial charge in [0.25, 0.3) is 0 Å². The number of nitrogens with zero attached hydrogens (tertiary/aromatic N) is 1. The standard InChI is InChI=1S/C12H15NO4S.ClH/c14-11(15)12(3-6-18(16,17)7-4-12)8-10-2-1-5-13-9-10;/h1-2,5,9H,3-4,6-8H2,(H,14,15);1H. The van der Waals surface area contributed by atoms with Crippen LogP contribution in [0.4, 0.5) is 0 Å². The molecule has 1 aliphatic rings. The summed E-state index contributed by atoms with van der Waals surface area (Å²) in [7, 11) is -3.06. The zero-order valence-electron chi connectivity index (χ0n) is 10.3. The highest BCUT2D eigenvalue weighted by atomic mass is 35.5. The molecule has 1 N–H and O–H groups in total. The molecule has 0 radical (unpaired) electrons. The van der Waals surface area contributed by atoms with E-state index in [1.165, 1.54) is 0 Å². The molecule has 5 nitrogen and oxygen atoms in total. The summed E-state index contributed by atoms with van der Waals surface area (Å²) in [5, 5.41) is 9.41. The van der Waals surface area contributed by atoms with Crippen molar-refractivity contribution in [2.24, 2.45) is 5.41 Å². The van der Waals surface area contributed by atoms with E-state index in [9.17, 15) is 18.3 Å². The predicted octanol–water partition coefficient (Wildman–Crippen LogP) is 1.33. The van der Waals surface area contributed by atoms with E-state index in [1.54, 1.807) is 18.5 Å². The quantitative estimate of drug-likeness (QED) is 0.910. The first-order chi connectivity index (χ1) is 8.44. The Morgan fingerprint density at radius 1 is 1.37 bits per heavy atom. The molecule has 0 aromatic carbocycles. The Morgan fingerprint density at radius 3 is 2.47 bits per heavy atom. The number of carboxylic acids is 1. The second kappa shape index (κ2) is 5.88.